The Bertz CT molecular complexity index is 356. The van der Waals surface area contributed by atoms with Crippen LogP contribution in [0, 0.1) is 11.8 Å². The van der Waals surface area contributed by atoms with Crippen LogP contribution in [0.2, 0.25) is 0 Å². The first kappa shape index (κ1) is 12.2. The number of hydrogen-bond donors (Lipinski definition) is 1. The molecular formula is C14H21NO2. The Morgan fingerprint density at radius 3 is 2.24 bits per heavy atom. The van der Waals surface area contributed by atoms with Crippen molar-refractivity contribution in [3.8, 4) is 11.5 Å². The summed E-state index contributed by atoms with van der Waals surface area (Å²) in [5, 5.41) is 3.49. The summed E-state index contributed by atoms with van der Waals surface area (Å²) in [6, 6.07) is 5.99. The van der Waals surface area contributed by atoms with Crippen LogP contribution in [-0.4, -0.2) is 20.8 Å². The van der Waals surface area contributed by atoms with E-state index in [2.05, 4.69) is 12.2 Å². The van der Waals surface area contributed by atoms with Crippen molar-refractivity contribution in [3.05, 3.63) is 23.8 Å². The van der Waals surface area contributed by atoms with Gasteiger partial charge < -0.3 is 14.8 Å². The number of nitrogens with one attached hydrogen (secondary N) is 1. The minimum atomic E-state index is 0.848. The van der Waals surface area contributed by atoms with Crippen molar-refractivity contribution >= 4 is 0 Å². The first-order chi connectivity index (χ1) is 8.22. The zero-order valence-corrected chi connectivity index (χ0v) is 10.8. The van der Waals surface area contributed by atoms with E-state index in [1.807, 2.05) is 18.2 Å². The first-order valence-electron chi connectivity index (χ1n) is 6.15. The van der Waals surface area contributed by atoms with Crippen molar-refractivity contribution in [1.29, 1.82) is 0 Å². The largest absolute Gasteiger partial charge is 0.497 e. The molecule has 0 radical (unpaired) electrons. The fraction of sp³-hybridized carbons (Fsp3) is 0.571. The second-order valence-electron chi connectivity index (χ2n) is 4.82. The van der Waals surface area contributed by atoms with Gasteiger partial charge in [0, 0.05) is 12.6 Å². The second kappa shape index (κ2) is 5.41. The third-order valence-corrected chi connectivity index (χ3v) is 3.42. The molecule has 1 saturated carbocycles. The van der Waals surface area contributed by atoms with E-state index in [4.69, 9.17) is 9.47 Å². The van der Waals surface area contributed by atoms with Gasteiger partial charge in [0.15, 0.2) is 0 Å². The molecule has 2 unspecified atom stereocenters. The van der Waals surface area contributed by atoms with Crippen molar-refractivity contribution in [3.63, 3.8) is 0 Å². The lowest BCUT2D eigenvalue weighted by Crippen LogP contribution is -2.16. The van der Waals surface area contributed by atoms with Gasteiger partial charge in [-0.05, 0) is 42.5 Å². The molecule has 0 aliphatic heterocycles. The van der Waals surface area contributed by atoms with Crippen LogP contribution < -0.4 is 14.8 Å². The summed E-state index contributed by atoms with van der Waals surface area (Å²) in [7, 11) is 3.36. The molecule has 2 atom stereocenters. The predicted molar refractivity (Wildman–Crippen MR) is 68.5 cm³/mol. The highest BCUT2D eigenvalue weighted by Gasteiger charge is 2.31. The highest BCUT2D eigenvalue weighted by atomic mass is 16.5. The van der Waals surface area contributed by atoms with Crippen LogP contribution in [0.4, 0.5) is 0 Å². The summed E-state index contributed by atoms with van der Waals surface area (Å²) in [5.74, 6) is 3.48. The molecule has 1 aliphatic carbocycles. The average molecular weight is 235 g/mol. The molecule has 0 amide bonds. The van der Waals surface area contributed by atoms with Crippen LogP contribution in [0.25, 0.3) is 0 Å². The zero-order chi connectivity index (χ0) is 12.3. The van der Waals surface area contributed by atoms with E-state index in [-0.39, 0.29) is 0 Å². The smallest absolute Gasteiger partial charge is 0.122 e. The van der Waals surface area contributed by atoms with Crippen molar-refractivity contribution < 1.29 is 9.47 Å². The lowest BCUT2D eigenvalue weighted by atomic mass is 10.2. The summed E-state index contributed by atoms with van der Waals surface area (Å²) in [6.07, 6.45) is 1.37. The van der Waals surface area contributed by atoms with Crippen LogP contribution in [-0.2, 0) is 6.54 Å². The number of benzene rings is 1. The predicted octanol–water partition coefficient (Wildman–Crippen LogP) is 2.45. The molecule has 1 aromatic carbocycles. The van der Waals surface area contributed by atoms with Crippen molar-refractivity contribution in [2.75, 3.05) is 20.8 Å². The van der Waals surface area contributed by atoms with Gasteiger partial charge in [0.2, 0.25) is 0 Å². The lowest BCUT2D eigenvalue weighted by molar-refractivity contribution is 0.393. The lowest BCUT2D eigenvalue weighted by Gasteiger charge is -2.09. The van der Waals surface area contributed by atoms with Gasteiger partial charge in [-0.25, -0.2) is 0 Å². The fourth-order valence-corrected chi connectivity index (χ4v) is 2.05. The first-order valence-corrected chi connectivity index (χ1v) is 6.15. The van der Waals surface area contributed by atoms with Gasteiger partial charge in [0.05, 0.1) is 14.2 Å². The fourth-order valence-electron chi connectivity index (χ4n) is 2.05. The molecule has 17 heavy (non-hydrogen) atoms. The average Bonchev–Trinajstić information content (AvgIpc) is 3.05. The highest BCUT2D eigenvalue weighted by Crippen LogP contribution is 2.36. The quantitative estimate of drug-likeness (QED) is 0.821. The zero-order valence-electron chi connectivity index (χ0n) is 10.8. The van der Waals surface area contributed by atoms with Crippen molar-refractivity contribution in [1.82, 2.24) is 5.32 Å². The molecule has 1 fully saturated rings. The van der Waals surface area contributed by atoms with Gasteiger partial charge in [-0.3, -0.25) is 0 Å². The molecule has 2 rings (SSSR count). The number of methoxy groups -OCH3 is 2. The summed E-state index contributed by atoms with van der Waals surface area (Å²) in [5.41, 5.74) is 1.20. The number of rotatable bonds is 6. The van der Waals surface area contributed by atoms with E-state index >= 15 is 0 Å². The third kappa shape index (κ3) is 3.37. The highest BCUT2D eigenvalue weighted by molar-refractivity contribution is 5.38. The van der Waals surface area contributed by atoms with Crippen LogP contribution in [0.3, 0.4) is 0 Å². The van der Waals surface area contributed by atoms with E-state index in [0.29, 0.717) is 0 Å². The molecule has 0 saturated heterocycles. The van der Waals surface area contributed by atoms with Gasteiger partial charge in [-0.1, -0.05) is 6.92 Å². The molecule has 0 spiro atoms. The molecule has 94 valence electrons. The van der Waals surface area contributed by atoms with Gasteiger partial charge in [0.25, 0.3) is 0 Å². The number of hydrogen-bond acceptors (Lipinski definition) is 3. The van der Waals surface area contributed by atoms with E-state index in [0.717, 1.165) is 36.4 Å². The molecular weight excluding hydrogens is 214 g/mol. The second-order valence-corrected chi connectivity index (χ2v) is 4.82. The Hall–Kier alpha value is -1.22. The third-order valence-electron chi connectivity index (χ3n) is 3.42. The summed E-state index contributed by atoms with van der Waals surface area (Å²) in [4.78, 5) is 0. The maximum absolute atomic E-state index is 5.25. The van der Waals surface area contributed by atoms with Crippen LogP contribution >= 0.6 is 0 Å². The SMILES string of the molecule is COc1cc(CNCC2CC2C)cc(OC)c1. The Labute approximate surface area is 103 Å². The van der Waals surface area contributed by atoms with Gasteiger partial charge in [0.1, 0.15) is 11.5 Å². The van der Waals surface area contributed by atoms with Gasteiger partial charge in [-0.2, -0.15) is 0 Å². The number of ether oxygens (including phenoxy) is 2. The Morgan fingerprint density at radius 2 is 1.76 bits per heavy atom. The Morgan fingerprint density at radius 1 is 1.18 bits per heavy atom. The van der Waals surface area contributed by atoms with E-state index < -0.39 is 0 Å². The molecule has 1 N–H and O–H groups in total. The maximum Gasteiger partial charge on any atom is 0.122 e. The van der Waals surface area contributed by atoms with Crippen LogP contribution in [0.1, 0.15) is 18.9 Å². The molecule has 0 heterocycles. The molecule has 3 nitrogen and oxygen atoms in total. The normalized spacial score (nSPS) is 22.3. The molecule has 1 aliphatic rings. The Balaban J connectivity index is 1.89. The summed E-state index contributed by atoms with van der Waals surface area (Å²) < 4.78 is 10.5. The summed E-state index contributed by atoms with van der Waals surface area (Å²) in [6.45, 7) is 4.29. The van der Waals surface area contributed by atoms with E-state index in [1.54, 1.807) is 14.2 Å². The Kier molecular flexibility index (Phi) is 3.89. The topological polar surface area (TPSA) is 30.5 Å². The standard InChI is InChI=1S/C14H21NO2/c1-10-4-12(10)9-15-8-11-5-13(16-2)7-14(6-11)17-3/h5-7,10,12,15H,4,8-9H2,1-3H3. The molecule has 3 heteroatoms. The monoisotopic (exact) mass is 235 g/mol. The van der Waals surface area contributed by atoms with E-state index in [9.17, 15) is 0 Å². The molecule has 1 aromatic rings. The molecule has 0 bridgehead atoms. The van der Waals surface area contributed by atoms with Crippen molar-refractivity contribution in [2.45, 2.75) is 19.9 Å². The summed E-state index contributed by atoms with van der Waals surface area (Å²) >= 11 is 0. The van der Waals surface area contributed by atoms with Crippen molar-refractivity contribution in [2.24, 2.45) is 11.8 Å². The van der Waals surface area contributed by atoms with E-state index in [1.165, 1.54) is 12.0 Å². The minimum Gasteiger partial charge on any atom is -0.497 e. The molecule has 0 aromatic heterocycles. The minimum absolute atomic E-state index is 0.848. The van der Waals surface area contributed by atoms with Gasteiger partial charge in [-0.15, -0.1) is 0 Å². The van der Waals surface area contributed by atoms with Crippen LogP contribution in [0.15, 0.2) is 18.2 Å². The van der Waals surface area contributed by atoms with Crippen LogP contribution in [0.5, 0.6) is 11.5 Å². The van der Waals surface area contributed by atoms with Gasteiger partial charge >= 0.3 is 0 Å². The maximum atomic E-state index is 5.25.